The van der Waals surface area contributed by atoms with Crippen LogP contribution in [0.2, 0.25) is 0 Å². The van der Waals surface area contributed by atoms with Gasteiger partial charge in [0.05, 0.1) is 5.56 Å². The van der Waals surface area contributed by atoms with Crippen molar-refractivity contribution in [2.24, 2.45) is 0 Å². The lowest BCUT2D eigenvalue weighted by molar-refractivity contribution is -0.192. The highest BCUT2D eigenvalue weighted by atomic mass is 32.2. The van der Waals surface area contributed by atoms with E-state index in [4.69, 9.17) is 9.90 Å². The molecule has 212 valence electrons. The highest BCUT2D eigenvalue weighted by Crippen LogP contribution is 2.33. The number of hydrogen-bond acceptors (Lipinski definition) is 4. The highest BCUT2D eigenvalue weighted by Gasteiger charge is 2.39. The minimum atomic E-state index is -5.22. The zero-order chi connectivity index (χ0) is 29.2. The molecule has 0 aliphatic carbocycles. The fourth-order valence-corrected chi connectivity index (χ4v) is 4.79. The molecule has 0 aromatic heterocycles. The van der Waals surface area contributed by atoms with Gasteiger partial charge in [-0.05, 0) is 30.7 Å². The number of rotatable bonds is 4. The second-order valence-corrected chi connectivity index (χ2v) is 9.30. The standard InChI is InChI=1S/C18H14F8N2O2S.C2HF3O2/c19-12-13(20)15(22)17(16(23)14(12)21)31(29,30)28-11-7-27-6-5-10(11)8-1-3-9(4-2-8)18(24,25)26;3-2(4,5)1(6)7/h1-4,10-11,27-28H,5-7H2;(H,6,7)/t10-,11-;/m1./s1. The van der Waals surface area contributed by atoms with E-state index in [0.29, 0.717) is 12.1 Å². The molecule has 0 spiro atoms. The van der Waals surface area contributed by atoms with E-state index in [-0.39, 0.29) is 13.0 Å². The molecule has 6 nitrogen and oxygen atoms in total. The van der Waals surface area contributed by atoms with Crippen LogP contribution in [0, 0.1) is 29.1 Å². The van der Waals surface area contributed by atoms with Crippen molar-refractivity contribution in [3.63, 3.8) is 0 Å². The number of sulfonamides is 1. The van der Waals surface area contributed by atoms with Gasteiger partial charge >= 0.3 is 18.3 Å². The molecule has 3 N–H and O–H groups in total. The van der Waals surface area contributed by atoms with Crippen LogP contribution in [0.15, 0.2) is 29.2 Å². The molecule has 2 aromatic rings. The monoisotopic (exact) mass is 588 g/mol. The maximum atomic E-state index is 14.0. The average Bonchev–Trinajstić information content (AvgIpc) is 2.81. The maximum absolute atomic E-state index is 14.0. The highest BCUT2D eigenvalue weighted by molar-refractivity contribution is 7.89. The quantitative estimate of drug-likeness (QED) is 0.279. The minimum absolute atomic E-state index is 0.0969. The molecule has 18 heteroatoms. The zero-order valence-electron chi connectivity index (χ0n) is 18.3. The topological polar surface area (TPSA) is 95.5 Å². The third-order valence-electron chi connectivity index (χ3n) is 5.14. The lowest BCUT2D eigenvalue weighted by Crippen LogP contribution is -2.50. The van der Waals surface area contributed by atoms with Crippen LogP contribution in [0.1, 0.15) is 23.5 Å². The molecule has 0 saturated carbocycles. The van der Waals surface area contributed by atoms with Gasteiger partial charge in [-0.25, -0.2) is 39.9 Å². The molecule has 0 amide bonds. The molecular formula is C20H15F11N2O4S. The van der Waals surface area contributed by atoms with Crippen molar-refractivity contribution >= 4 is 16.0 Å². The summed E-state index contributed by atoms with van der Waals surface area (Å²) in [5.74, 6) is -15.8. The van der Waals surface area contributed by atoms with E-state index in [2.05, 4.69) is 5.32 Å². The van der Waals surface area contributed by atoms with E-state index in [1.165, 1.54) is 0 Å². The molecule has 2 atom stereocenters. The van der Waals surface area contributed by atoms with Crippen LogP contribution in [-0.4, -0.2) is 44.8 Å². The molecule has 1 aliphatic heterocycles. The Morgan fingerprint density at radius 1 is 0.868 bits per heavy atom. The van der Waals surface area contributed by atoms with Crippen LogP contribution in [0.5, 0.6) is 0 Å². The van der Waals surface area contributed by atoms with Gasteiger partial charge in [-0.3, -0.25) is 0 Å². The first-order valence-corrected chi connectivity index (χ1v) is 11.5. The van der Waals surface area contributed by atoms with Crippen molar-refractivity contribution in [2.75, 3.05) is 13.1 Å². The SMILES string of the molecule is O=C(O)C(F)(F)F.O=S(=O)(N[C@@H]1CNCC[C@@H]1c1ccc(C(F)(F)F)cc1)c1c(F)c(F)c(F)c(F)c1F. The minimum Gasteiger partial charge on any atom is -0.475 e. The number of carboxylic acid groups (broad SMARTS) is 1. The predicted molar refractivity (Wildman–Crippen MR) is 106 cm³/mol. The Balaban J connectivity index is 0.000000638. The van der Waals surface area contributed by atoms with E-state index in [0.717, 1.165) is 24.3 Å². The summed E-state index contributed by atoms with van der Waals surface area (Å²) < 4.78 is 165. The van der Waals surface area contributed by atoms with Crippen LogP contribution in [0.4, 0.5) is 48.3 Å². The molecule has 1 heterocycles. The average molecular weight is 588 g/mol. The number of alkyl halides is 6. The number of nitrogens with one attached hydrogen (secondary N) is 2. The Labute approximate surface area is 206 Å². The van der Waals surface area contributed by atoms with Gasteiger partial charge < -0.3 is 10.4 Å². The van der Waals surface area contributed by atoms with Gasteiger partial charge in [0.15, 0.2) is 28.2 Å². The van der Waals surface area contributed by atoms with Crippen LogP contribution < -0.4 is 10.0 Å². The number of hydrogen-bond donors (Lipinski definition) is 3. The summed E-state index contributed by atoms with van der Waals surface area (Å²) in [7, 11) is -5.22. The largest absolute Gasteiger partial charge is 0.490 e. The second kappa shape index (κ2) is 11.4. The smallest absolute Gasteiger partial charge is 0.475 e. The molecule has 0 unspecified atom stereocenters. The summed E-state index contributed by atoms with van der Waals surface area (Å²) in [6.07, 6.45) is -9.44. The first-order chi connectivity index (χ1) is 17.3. The Bertz CT molecular complexity index is 1250. The molecule has 1 fully saturated rings. The summed E-state index contributed by atoms with van der Waals surface area (Å²) in [5.41, 5.74) is -0.622. The van der Waals surface area contributed by atoms with Crippen molar-refractivity contribution in [3.8, 4) is 0 Å². The first kappa shape index (κ1) is 31.2. The fraction of sp³-hybridized carbons (Fsp3) is 0.350. The summed E-state index contributed by atoms with van der Waals surface area (Å²) in [4.78, 5) is 6.87. The van der Waals surface area contributed by atoms with E-state index in [1.807, 2.05) is 4.72 Å². The third-order valence-corrected chi connectivity index (χ3v) is 6.64. The number of carboxylic acids is 1. The summed E-state index contributed by atoms with van der Waals surface area (Å²) in [6.45, 7) is 0.257. The second-order valence-electron chi connectivity index (χ2n) is 7.65. The lowest BCUT2D eigenvalue weighted by atomic mass is 9.86. The van der Waals surface area contributed by atoms with Gasteiger partial charge in [0.2, 0.25) is 15.8 Å². The molecule has 38 heavy (non-hydrogen) atoms. The number of carbonyl (C=O) groups is 1. The van der Waals surface area contributed by atoms with Gasteiger partial charge in [-0.2, -0.15) is 26.3 Å². The number of aliphatic carboxylic acids is 1. The van der Waals surface area contributed by atoms with Crippen LogP contribution >= 0.6 is 0 Å². The Morgan fingerprint density at radius 2 is 1.32 bits per heavy atom. The summed E-state index contributed by atoms with van der Waals surface area (Å²) >= 11 is 0. The molecule has 0 bridgehead atoms. The van der Waals surface area contributed by atoms with Crippen molar-refractivity contribution in [1.29, 1.82) is 0 Å². The molecule has 1 saturated heterocycles. The van der Waals surface area contributed by atoms with Gasteiger partial charge in [0.1, 0.15) is 0 Å². The fourth-order valence-electron chi connectivity index (χ4n) is 3.38. The summed E-state index contributed by atoms with van der Waals surface area (Å²) in [6, 6.07) is 2.74. The zero-order valence-corrected chi connectivity index (χ0v) is 19.1. The molecule has 2 aromatic carbocycles. The lowest BCUT2D eigenvalue weighted by Gasteiger charge is -2.33. The Hall–Kier alpha value is -2.99. The van der Waals surface area contributed by atoms with Gasteiger partial charge in [0, 0.05) is 18.5 Å². The molecule has 0 radical (unpaired) electrons. The first-order valence-electron chi connectivity index (χ1n) is 10.0. The predicted octanol–water partition coefficient (Wildman–Crippen LogP) is 4.46. The van der Waals surface area contributed by atoms with Crippen molar-refractivity contribution in [2.45, 2.75) is 35.6 Å². The third kappa shape index (κ3) is 7.10. The van der Waals surface area contributed by atoms with Crippen molar-refractivity contribution < 1.29 is 66.6 Å². The number of halogens is 11. The normalized spacial score (nSPS) is 18.5. The Morgan fingerprint density at radius 3 is 1.74 bits per heavy atom. The molecule has 1 aliphatic rings. The van der Waals surface area contributed by atoms with Crippen LogP contribution in [0.3, 0.4) is 0 Å². The van der Waals surface area contributed by atoms with Crippen molar-refractivity contribution in [1.82, 2.24) is 10.0 Å². The van der Waals surface area contributed by atoms with Gasteiger partial charge in [-0.15, -0.1) is 0 Å². The molecule has 3 rings (SSSR count). The van der Waals surface area contributed by atoms with Crippen LogP contribution in [-0.2, 0) is 21.0 Å². The van der Waals surface area contributed by atoms with Crippen LogP contribution in [0.25, 0.3) is 0 Å². The summed E-state index contributed by atoms with van der Waals surface area (Å²) in [5, 5.41) is 9.93. The number of piperidine rings is 1. The Kier molecular flexibility index (Phi) is 9.37. The van der Waals surface area contributed by atoms with E-state index in [9.17, 15) is 56.7 Å². The van der Waals surface area contributed by atoms with E-state index in [1.54, 1.807) is 0 Å². The number of benzene rings is 2. The van der Waals surface area contributed by atoms with Crippen molar-refractivity contribution in [3.05, 3.63) is 64.5 Å². The van der Waals surface area contributed by atoms with E-state index >= 15 is 0 Å². The van der Waals surface area contributed by atoms with E-state index < -0.39 is 79.8 Å². The van der Waals surface area contributed by atoms with Gasteiger partial charge in [0.25, 0.3) is 0 Å². The van der Waals surface area contributed by atoms with Gasteiger partial charge in [-0.1, -0.05) is 12.1 Å². The maximum Gasteiger partial charge on any atom is 0.490 e. The molecular weight excluding hydrogens is 573 g/mol.